The summed E-state index contributed by atoms with van der Waals surface area (Å²) in [6.07, 6.45) is 0. The molecule has 0 atom stereocenters. The summed E-state index contributed by atoms with van der Waals surface area (Å²) in [7, 11) is 0. The highest BCUT2D eigenvalue weighted by atomic mass is 127. The molecule has 3 heteroatoms. The van der Waals surface area contributed by atoms with Crippen LogP contribution in [0.4, 0.5) is 5.69 Å². The first-order valence-electron chi connectivity index (χ1n) is 3.63. The molecule has 2 rings (SSSR count). The first-order valence-corrected chi connectivity index (χ1v) is 5.53. The van der Waals surface area contributed by atoms with E-state index in [1.807, 2.05) is 6.07 Å². The molecule has 62 valence electrons. The number of nitrogen functional groups attached to an aromatic ring is 1. The molecule has 0 spiro atoms. The van der Waals surface area contributed by atoms with Gasteiger partial charge in [0.05, 0.1) is 10.4 Å². The van der Waals surface area contributed by atoms with E-state index in [1.165, 1.54) is 18.5 Å². The van der Waals surface area contributed by atoms with Crippen LogP contribution in [0.15, 0.2) is 18.2 Å². The number of anilines is 1. The van der Waals surface area contributed by atoms with E-state index >= 15 is 0 Å². The molecular weight excluding hydrogens is 281 g/mol. The Labute approximate surface area is 88.7 Å². The zero-order valence-corrected chi connectivity index (χ0v) is 9.57. The predicted molar refractivity (Wildman–Crippen MR) is 63.7 cm³/mol. The molecule has 0 aliphatic rings. The second-order valence-corrected chi connectivity index (χ2v) is 5.08. The SMILES string of the molecule is Cc1sc2c(I)cccc2c1N. The van der Waals surface area contributed by atoms with Crippen LogP contribution in [0.25, 0.3) is 10.1 Å². The maximum Gasteiger partial charge on any atom is 0.0532 e. The van der Waals surface area contributed by atoms with Gasteiger partial charge in [-0.15, -0.1) is 11.3 Å². The van der Waals surface area contributed by atoms with Crippen molar-refractivity contribution in [3.05, 3.63) is 26.6 Å². The van der Waals surface area contributed by atoms with Crippen molar-refractivity contribution in [3.8, 4) is 0 Å². The van der Waals surface area contributed by atoms with Crippen molar-refractivity contribution in [3.63, 3.8) is 0 Å². The second-order valence-electron chi connectivity index (χ2n) is 2.69. The third-order valence-corrected chi connectivity index (χ3v) is 4.33. The van der Waals surface area contributed by atoms with Gasteiger partial charge in [-0.1, -0.05) is 12.1 Å². The zero-order chi connectivity index (χ0) is 8.72. The van der Waals surface area contributed by atoms with E-state index in [4.69, 9.17) is 5.73 Å². The third-order valence-electron chi connectivity index (χ3n) is 1.89. The van der Waals surface area contributed by atoms with Crippen LogP contribution in [-0.2, 0) is 0 Å². The Morgan fingerprint density at radius 1 is 1.42 bits per heavy atom. The largest absolute Gasteiger partial charge is 0.397 e. The Morgan fingerprint density at radius 2 is 2.17 bits per heavy atom. The molecule has 1 heterocycles. The molecule has 1 aromatic carbocycles. The number of aryl methyl sites for hydroxylation is 1. The van der Waals surface area contributed by atoms with E-state index < -0.39 is 0 Å². The number of fused-ring (bicyclic) bond motifs is 1. The lowest BCUT2D eigenvalue weighted by atomic mass is 10.2. The second kappa shape index (κ2) is 2.88. The van der Waals surface area contributed by atoms with Crippen LogP contribution in [0.1, 0.15) is 4.88 Å². The summed E-state index contributed by atoms with van der Waals surface area (Å²) in [6.45, 7) is 2.07. The molecule has 12 heavy (non-hydrogen) atoms. The highest BCUT2D eigenvalue weighted by Crippen LogP contribution is 2.35. The average molecular weight is 289 g/mol. The van der Waals surface area contributed by atoms with Gasteiger partial charge in [0.2, 0.25) is 0 Å². The molecule has 0 aliphatic heterocycles. The molecule has 0 saturated heterocycles. The number of hydrogen-bond donors (Lipinski definition) is 1. The van der Waals surface area contributed by atoms with Gasteiger partial charge in [-0.2, -0.15) is 0 Å². The Morgan fingerprint density at radius 3 is 2.83 bits per heavy atom. The fourth-order valence-corrected chi connectivity index (χ4v) is 3.03. The van der Waals surface area contributed by atoms with Gasteiger partial charge in [0.25, 0.3) is 0 Å². The molecular formula is C9H8INS. The monoisotopic (exact) mass is 289 g/mol. The lowest BCUT2D eigenvalue weighted by molar-refractivity contribution is 1.64. The number of hydrogen-bond acceptors (Lipinski definition) is 2. The predicted octanol–water partition coefficient (Wildman–Crippen LogP) is 3.40. The van der Waals surface area contributed by atoms with Crippen LogP contribution in [0, 0.1) is 10.5 Å². The molecule has 2 N–H and O–H groups in total. The molecule has 0 bridgehead atoms. The lowest BCUT2D eigenvalue weighted by Crippen LogP contribution is -1.83. The molecule has 0 radical (unpaired) electrons. The normalized spacial score (nSPS) is 10.8. The maximum atomic E-state index is 5.91. The van der Waals surface area contributed by atoms with Crippen LogP contribution in [0.5, 0.6) is 0 Å². The van der Waals surface area contributed by atoms with Crippen LogP contribution >= 0.6 is 33.9 Å². The van der Waals surface area contributed by atoms with Crippen LogP contribution in [0.3, 0.4) is 0 Å². The summed E-state index contributed by atoms with van der Waals surface area (Å²) in [5, 5.41) is 1.20. The van der Waals surface area contributed by atoms with E-state index in [0.717, 1.165) is 5.69 Å². The molecule has 0 unspecified atom stereocenters. The minimum absolute atomic E-state index is 0.938. The van der Waals surface area contributed by atoms with Crippen molar-refractivity contribution < 1.29 is 0 Å². The Hall–Kier alpha value is -0.290. The lowest BCUT2D eigenvalue weighted by Gasteiger charge is -1.92. The highest BCUT2D eigenvalue weighted by Gasteiger charge is 2.06. The van der Waals surface area contributed by atoms with Crippen LogP contribution < -0.4 is 5.73 Å². The Kier molecular flexibility index (Phi) is 2.00. The molecule has 1 nitrogen and oxygen atoms in total. The number of rotatable bonds is 0. The summed E-state index contributed by atoms with van der Waals surface area (Å²) in [6, 6.07) is 6.24. The van der Waals surface area contributed by atoms with E-state index in [2.05, 4.69) is 41.6 Å². The summed E-state index contributed by atoms with van der Waals surface area (Å²) >= 11 is 4.12. The van der Waals surface area contributed by atoms with E-state index in [9.17, 15) is 0 Å². The fraction of sp³-hybridized carbons (Fsp3) is 0.111. The molecule has 0 amide bonds. The topological polar surface area (TPSA) is 26.0 Å². The van der Waals surface area contributed by atoms with Gasteiger partial charge in [-0.05, 0) is 35.6 Å². The van der Waals surface area contributed by atoms with Crippen molar-refractivity contribution >= 4 is 49.7 Å². The highest BCUT2D eigenvalue weighted by molar-refractivity contribution is 14.1. The van der Waals surface area contributed by atoms with Crippen LogP contribution in [-0.4, -0.2) is 0 Å². The third kappa shape index (κ3) is 1.11. The average Bonchev–Trinajstić information content (AvgIpc) is 2.32. The van der Waals surface area contributed by atoms with Crippen molar-refractivity contribution in [1.82, 2.24) is 0 Å². The number of benzene rings is 1. The zero-order valence-electron chi connectivity index (χ0n) is 6.60. The number of halogens is 1. The van der Waals surface area contributed by atoms with Gasteiger partial charge < -0.3 is 5.73 Å². The van der Waals surface area contributed by atoms with Crippen molar-refractivity contribution in [2.45, 2.75) is 6.92 Å². The smallest absolute Gasteiger partial charge is 0.0532 e. The molecule has 0 fully saturated rings. The Balaban J connectivity index is 2.95. The van der Waals surface area contributed by atoms with Crippen molar-refractivity contribution in [1.29, 1.82) is 0 Å². The van der Waals surface area contributed by atoms with E-state index in [1.54, 1.807) is 11.3 Å². The summed E-state index contributed by atoms with van der Waals surface area (Å²) < 4.78 is 2.60. The van der Waals surface area contributed by atoms with E-state index in [0.29, 0.717) is 0 Å². The number of thiophene rings is 1. The van der Waals surface area contributed by atoms with Gasteiger partial charge in [0, 0.05) is 13.8 Å². The summed E-state index contributed by atoms with van der Waals surface area (Å²) in [4.78, 5) is 1.22. The van der Waals surface area contributed by atoms with Gasteiger partial charge in [0.15, 0.2) is 0 Å². The fourth-order valence-electron chi connectivity index (χ4n) is 1.22. The minimum atomic E-state index is 0.938. The molecule has 0 saturated carbocycles. The van der Waals surface area contributed by atoms with Gasteiger partial charge >= 0.3 is 0 Å². The first-order chi connectivity index (χ1) is 5.70. The molecule has 0 aliphatic carbocycles. The van der Waals surface area contributed by atoms with Crippen molar-refractivity contribution in [2.24, 2.45) is 0 Å². The Bertz CT molecular complexity index is 433. The number of nitrogens with two attached hydrogens (primary N) is 1. The quantitative estimate of drug-likeness (QED) is 0.739. The van der Waals surface area contributed by atoms with E-state index in [-0.39, 0.29) is 0 Å². The molecule has 1 aromatic heterocycles. The maximum absolute atomic E-state index is 5.91. The van der Waals surface area contributed by atoms with Gasteiger partial charge in [0.1, 0.15) is 0 Å². The standard InChI is InChI=1S/C9H8INS/c1-5-8(11)6-3-2-4-7(10)9(6)12-5/h2-4H,11H2,1H3. The summed E-state index contributed by atoms with van der Waals surface area (Å²) in [5.74, 6) is 0. The van der Waals surface area contributed by atoms with Gasteiger partial charge in [-0.3, -0.25) is 0 Å². The van der Waals surface area contributed by atoms with Crippen molar-refractivity contribution in [2.75, 3.05) is 5.73 Å². The summed E-state index contributed by atoms with van der Waals surface area (Å²) in [5.41, 5.74) is 6.85. The van der Waals surface area contributed by atoms with Crippen LogP contribution in [0.2, 0.25) is 0 Å². The minimum Gasteiger partial charge on any atom is -0.397 e. The first kappa shape index (κ1) is 8.31. The van der Waals surface area contributed by atoms with Gasteiger partial charge in [-0.25, -0.2) is 0 Å². The molecule has 2 aromatic rings.